The molecular formula is C25H31N5O5. The molecule has 0 radical (unpaired) electrons. The van der Waals surface area contributed by atoms with Crippen LogP contribution in [0, 0.1) is 12.8 Å². The average molecular weight is 482 g/mol. The van der Waals surface area contributed by atoms with E-state index in [-0.39, 0.29) is 24.1 Å². The van der Waals surface area contributed by atoms with Gasteiger partial charge in [0.15, 0.2) is 5.82 Å². The number of amides is 1. The topological polar surface area (TPSA) is 124 Å². The zero-order valence-electron chi connectivity index (χ0n) is 20.4. The molecule has 1 fully saturated rings. The molecule has 10 heteroatoms. The summed E-state index contributed by atoms with van der Waals surface area (Å²) in [5.41, 5.74) is 3.83. The highest BCUT2D eigenvalue weighted by Gasteiger charge is 2.33. The third kappa shape index (κ3) is 4.26. The van der Waals surface area contributed by atoms with Gasteiger partial charge in [-0.25, -0.2) is 9.78 Å². The van der Waals surface area contributed by atoms with E-state index in [0.29, 0.717) is 37.4 Å². The number of anilines is 1. The molecule has 5 rings (SSSR count). The highest BCUT2D eigenvalue weighted by Crippen LogP contribution is 2.40. The summed E-state index contributed by atoms with van der Waals surface area (Å²) < 4.78 is 12.7. The van der Waals surface area contributed by atoms with Gasteiger partial charge in [-0.3, -0.25) is 9.69 Å². The van der Waals surface area contributed by atoms with Crippen LogP contribution in [-0.2, 0) is 28.8 Å². The Morgan fingerprint density at radius 2 is 1.91 bits per heavy atom. The van der Waals surface area contributed by atoms with Crippen LogP contribution in [0.5, 0.6) is 0 Å². The first-order valence-electron chi connectivity index (χ1n) is 12.3. The van der Waals surface area contributed by atoms with E-state index in [1.807, 2.05) is 19.1 Å². The fraction of sp³-hybridized carbons (Fsp3) is 0.560. The van der Waals surface area contributed by atoms with Gasteiger partial charge in [0, 0.05) is 30.5 Å². The molecule has 1 aromatic carbocycles. The number of aromatic nitrogens is 4. The molecule has 1 aliphatic heterocycles. The van der Waals surface area contributed by atoms with Crippen molar-refractivity contribution in [1.29, 1.82) is 0 Å². The fourth-order valence-corrected chi connectivity index (χ4v) is 5.65. The number of hydrogen-bond acceptors (Lipinski definition) is 7. The predicted molar refractivity (Wildman–Crippen MR) is 127 cm³/mol. The van der Waals surface area contributed by atoms with Gasteiger partial charge in [-0.1, -0.05) is 5.16 Å². The van der Waals surface area contributed by atoms with Gasteiger partial charge in [-0.05, 0) is 64.5 Å². The zero-order valence-corrected chi connectivity index (χ0v) is 20.4. The van der Waals surface area contributed by atoms with E-state index < -0.39 is 5.97 Å². The highest BCUT2D eigenvalue weighted by atomic mass is 16.5. The van der Waals surface area contributed by atoms with Crippen molar-refractivity contribution in [3.63, 3.8) is 0 Å². The molecule has 1 atom stereocenters. The van der Waals surface area contributed by atoms with Crippen molar-refractivity contribution < 1.29 is 24.0 Å². The SMILES string of the molecule is COC(=O)N1c2ccc3c(nc(CCc4nc(C)no4)n3C3CCC(C(=O)O)CC3)c2CC[C@@H]1C. The number of imidazole rings is 1. The van der Waals surface area contributed by atoms with Crippen molar-refractivity contribution in [1.82, 2.24) is 19.7 Å². The van der Waals surface area contributed by atoms with Crippen LogP contribution in [-0.4, -0.2) is 50.0 Å². The Morgan fingerprint density at radius 3 is 2.57 bits per heavy atom. The standard InChI is InChI=1S/C25H31N5O5/c1-14-4-9-18-19(29(14)25(33)34-3)10-11-20-23(18)27-21(12-13-22-26-15(2)28-35-22)30(20)17-7-5-16(6-8-17)24(31)32/h10-11,14,16-17H,4-9,12-13H2,1-3H3,(H,31,32)/t14-,16?,17?/m0/s1. The third-order valence-corrected chi connectivity index (χ3v) is 7.44. The quantitative estimate of drug-likeness (QED) is 0.574. The van der Waals surface area contributed by atoms with E-state index in [2.05, 4.69) is 14.7 Å². The van der Waals surface area contributed by atoms with Crippen molar-refractivity contribution in [2.24, 2.45) is 5.92 Å². The maximum absolute atomic E-state index is 12.5. The van der Waals surface area contributed by atoms with Gasteiger partial charge in [0.2, 0.25) is 5.89 Å². The number of methoxy groups -OCH3 is 1. The lowest BCUT2D eigenvalue weighted by Gasteiger charge is -2.34. The summed E-state index contributed by atoms with van der Waals surface area (Å²) in [5, 5.41) is 13.3. The number of nitrogens with zero attached hydrogens (tertiary/aromatic N) is 5. The number of carboxylic acid groups (broad SMARTS) is 1. The molecule has 0 saturated heterocycles. The Balaban J connectivity index is 1.56. The Hall–Kier alpha value is -3.43. The molecule has 3 aromatic rings. The van der Waals surface area contributed by atoms with Gasteiger partial charge in [0.25, 0.3) is 0 Å². The Kier molecular flexibility index (Phi) is 6.21. The van der Waals surface area contributed by atoms with E-state index >= 15 is 0 Å². The second kappa shape index (κ2) is 9.31. The monoisotopic (exact) mass is 481 g/mol. The number of aryl methyl sites for hydroxylation is 4. The van der Waals surface area contributed by atoms with Gasteiger partial charge in [-0.2, -0.15) is 4.98 Å². The molecule has 186 valence electrons. The van der Waals surface area contributed by atoms with E-state index in [1.165, 1.54) is 7.11 Å². The normalized spacial score (nSPS) is 22.3. The maximum Gasteiger partial charge on any atom is 0.414 e. The number of aliphatic carboxylic acids is 1. The fourth-order valence-electron chi connectivity index (χ4n) is 5.65. The summed E-state index contributed by atoms with van der Waals surface area (Å²) in [4.78, 5) is 35.2. The molecule has 1 N–H and O–H groups in total. The number of carbonyl (C=O) groups excluding carboxylic acids is 1. The summed E-state index contributed by atoms with van der Waals surface area (Å²) in [6, 6.07) is 4.25. The number of ether oxygens (including phenoxy) is 1. The molecule has 0 bridgehead atoms. The van der Waals surface area contributed by atoms with Crippen LogP contribution in [0.4, 0.5) is 10.5 Å². The van der Waals surface area contributed by atoms with Crippen LogP contribution in [0.3, 0.4) is 0 Å². The second-order valence-corrected chi connectivity index (χ2v) is 9.64. The van der Waals surface area contributed by atoms with Crippen LogP contribution in [0.25, 0.3) is 11.0 Å². The molecule has 2 aromatic heterocycles. The van der Waals surface area contributed by atoms with Crippen LogP contribution in [0.2, 0.25) is 0 Å². The van der Waals surface area contributed by atoms with Gasteiger partial charge in [-0.15, -0.1) is 0 Å². The second-order valence-electron chi connectivity index (χ2n) is 9.64. The minimum Gasteiger partial charge on any atom is -0.481 e. The first kappa shape index (κ1) is 23.3. The largest absolute Gasteiger partial charge is 0.481 e. The lowest BCUT2D eigenvalue weighted by atomic mass is 9.85. The summed E-state index contributed by atoms with van der Waals surface area (Å²) in [6.07, 6.45) is 5.37. The van der Waals surface area contributed by atoms with E-state index in [0.717, 1.165) is 53.8 Å². The molecule has 10 nitrogen and oxygen atoms in total. The van der Waals surface area contributed by atoms with Crippen LogP contribution in [0.1, 0.15) is 68.2 Å². The highest BCUT2D eigenvalue weighted by molar-refractivity contribution is 5.95. The van der Waals surface area contributed by atoms with Crippen molar-refractivity contribution >= 4 is 28.8 Å². The lowest BCUT2D eigenvalue weighted by Crippen LogP contribution is -2.42. The van der Waals surface area contributed by atoms with E-state index in [1.54, 1.807) is 11.8 Å². The number of carbonyl (C=O) groups is 2. The Bertz CT molecular complexity index is 1260. The van der Waals surface area contributed by atoms with Gasteiger partial charge in [0.1, 0.15) is 5.82 Å². The summed E-state index contributed by atoms with van der Waals surface area (Å²) >= 11 is 0. The van der Waals surface area contributed by atoms with E-state index in [9.17, 15) is 14.7 Å². The molecule has 3 heterocycles. The molecule has 35 heavy (non-hydrogen) atoms. The van der Waals surface area contributed by atoms with Gasteiger partial charge >= 0.3 is 12.1 Å². The summed E-state index contributed by atoms with van der Waals surface area (Å²) in [7, 11) is 1.40. The minimum atomic E-state index is -0.711. The summed E-state index contributed by atoms with van der Waals surface area (Å²) in [6.45, 7) is 3.82. The van der Waals surface area contributed by atoms with Gasteiger partial charge in [0.05, 0.1) is 29.7 Å². The number of benzene rings is 1. The van der Waals surface area contributed by atoms with Gasteiger partial charge < -0.3 is 18.9 Å². The summed E-state index contributed by atoms with van der Waals surface area (Å²) in [5.74, 6) is 1.10. The minimum absolute atomic E-state index is 0.0426. The molecule has 0 spiro atoms. The maximum atomic E-state index is 12.5. The average Bonchev–Trinajstić information content (AvgIpc) is 3.45. The molecular weight excluding hydrogens is 450 g/mol. The van der Waals surface area contributed by atoms with Crippen molar-refractivity contribution in [2.45, 2.75) is 77.3 Å². The smallest absolute Gasteiger partial charge is 0.414 e. The molecule has 0 unspecified atom stereocenters. The molecule has 1 aliphatic carbocycles. The van der Waals surface area contributed by atoms with Crippen molar-refractivity contribution in [3.8, 4) is 0 Å². The number of hydrogen-bond donors (Lipinski definition) is 1. The first-order chi connectivity index (χ1) is 16.9. The third-order valence-electron chi connectivity index (χ3n) is 7.44. The number of rotatable bonds is 5. The van der Waals surface area contributed by atoms with Crippen molar-refractivity contribution in [2.75, 3.05) is 12.0 Å². The predicted octanol–water partition coefficient (Wildman–Crippen LogP) is 4.24. The van der Waals surface area contributed by atoms with Crippen LogP contribution < -0.4 is 4.90 Å². The molecule has 1 saturated carbocycles. The Labute approximate surface area is 203 Å². The zero-order chi connectivity index (χ0) is 24.7. The number of carboxylic acids is 1. The molecule has 1 amide bonds. The van der Waals surface area contributed by atoms with Crippen LogP contribution in [0.15, 0.2) is 16.7 Å². The van der Waals surface area contributed by atoms with E-state index in [4.69, 9.17) is 14.2 Å². The Morgan fingerprint density at radius 1 is 1.14 bits per heavy atom. The molecule has 2 aliphatic rings. The lowest BCUT2D eigenvalue weighted by molar-refractivity contribution is -0.143. The van der Waals surface area contributed by atoms with Crippen molar-refractivity contribution in [3.05, 3.63) is 35.2 Å². The van der Waals surface area contributed by atoms with Crippen LogP contribution >= 0.6 is 0 Å². The first-order valence-corrected chi connectivity index (χ1v) is 12.3. The number of fused-ring (bicyclic) bond motifs is 3.